The van der Waals surface area contributed by atoms with Gasteiger partial charge in [0.1, 0.15) is 5.75 Å². The monoisotopic (exact) mass is 380 g/mol. The molecule has 0 saturated carbocycles. The van der Waals surface area contributed by atoms with E-state index >= 15 is 0 Å². The lowest BCUT2D eigenvalue weighted by Gasteiger charge is -2.06. The Morgan fingerprint density at radius 1 is 1.07 bits per heavy atom. The minimum atomic E-state index is 0.463. The van der Waals surface area contributed by atoms with Gasteiger partial charge in [-0.05, 0) is 30.7 Å². The summed E-state index contributed by atoms with van der Waals surface area (Å²) < 4.78 is 13.5. The minimum absolute atomic E-state index is 0.463. The number of fused-ring (bicyclic) bond motifs is 1. The molecule has 0 saturated heterocycles. The van der Waals surface area contributed by atoms with Crippen LogP contribution in [-0.2, 0) is 12.3 Å². The number of methoxy groups -OCH3 is 1. The zero-order chi connectivity index (χ0) is 18.6. The molecule has 0 radical (unpaired) electrons. The van der Waals surface area contributed by atoms with Crippen molar-refractivity contribution in [2.75, 3.05) is 7.11 Å². The third-order valence-corrected chi connectivity index (χ3v) is 5.16. The molecular weight excluding hydrogens is 360 g/mol. The minimum Gasteiger partial charge on any atom is -0.496 e. The van der Waals surface area contributed by atoms with Crippen LogP contribution in [0.5, 0.6) is 5.75 Å². The molecule has 27 heavy (non-hydrogen) atoms. The number of hydrogen-bond acceptors (Lipinski definition) is 6. The van der Waals surface area contributed by atoms with Gasteiger partial charge in [-0.15, -0.1) is 10.2 Å². The molecule has 0 N–H and O–H groups in total. The van der Waals surface area contributed by atoms with Crippen molar-refractivity contribution in [3.05, 3.63) is 54.4 Å². The number of para-hydroxylation sites is 3. The van der Waals surface area contributed by atoms with Crippen molar-refractivity contribution in [1.29, 1.82) is 0 Å². The van der Waals surface area contributed by atoms with Gasteiger partial charge in [0, 0.05) is 6.54 Å². The standard InChI is InChI=1S/C20H20N4O2S/c1-3-12-24-16-10-6-5-9-15(16)21-20(24)27-13-18-22-23-19(26-18)14-8-4-7-11-17(14)25-2/h4-11H,3,12-13H2,1-2H3. The van der Waals surface area contributed by atoms with E-state index in [4.69, 9.17) is 14.1 Å². The van der Waals surface area contributed by atoms with Crippen molar-refractivity contribution in [1.82, 2.24) is 19.7 Å². The molecule has 0 atom stereocenters. The normalized spacial score (nSPS) is 11.2. The van der Waals surface area contributed by atoms with E-state index in [1.54, 1.807) is 18.9 Å². The number of aromatic nitrogens is 4. The van der Waals surface area contributed by atoms with Gasteiger partial charge in [0.2, 0.25) is 5.89 Å². The van der Waals surface area contributed by atoms with E-state index in [-0.39, 0.29) is 0 Å². The maximum atomic E-state index is 5.85. The van der Waals surface area contributed by atoms with E-state index in [1.165, 1.54) is 0 Å². The maximum absolute atomic E-state index is 5.85. The lowest BCUT2D eigenvalue weighted by molar-refractivity contribution is 0.414. The van der Waals surface area contributed by atoms with Gasteiger partial charge in [0.05, 0.1) is 29.5 Å². The van der Waals surface area contributed by atoms with E-state index in [9.17, 15) is 0 Å². The quantitative estimate of drug-likeness (QED) is 0.429. The highest BCUT2D eigenvalue weighted by Crippen LogP contribution is 2.31. The first-order valence-electron chi connectivity index (χ1n) is 8.84. The molecule has 7 heteroatoms. The molecule has 6 nitrogen and oxygen atoms in total. The number of ether oxygens (including phenoxy) is 1. The number of hydrogen-bond donors (Lipinski definition) is 0. The second-order valence-corrected chi connectivity index (χ2v) is 6.97. The number of thioether (sulfide) groups is 1. The molecule has 0 unspecified atom stereocenters. The molecule has 0 fully saturated rings. The Labute approximate surface area is 161 Å². The summed E-state index contributed by atoms with van der Waals surface area (Å²) in [6.45, 7) is 3.10. The van der Waals surface area contributed by atoms with Crippen LogP contribution in [0.2, 0.25) is 0 Å². The van der Waals surface area contributed by atoms with Crippen molar-refractivity contribution in [3.8, 4) is 17.2 Å². The fourth-order valence-electron chi connectivity index (χ4n) is 2.97. The highest BCUT2D eigenvalue weighted by molar-refractivity contribution is 7.98. The van der Waals surface area contributed by atoms with Crippen LogP contribution < -0.4 is 4.74 Å². The molecule has 4 rings (SSSR count). The molecule has 0 aliphatic rings. The van der Waals surface area contributed by atoms with Crippen molar-refractivity contribution >= 4 is 22.8 Å². The molecule has 0 amide bonds. The first kappa shape index (κ1) is 17.6. The summed E-state index contributed by atoms with van der Waals surface area (Å²) >= 11 is 1.61. The molecule has 0 bridgehead atoms. The van der Waals surface area contributed by atoms with Crippen LogP contribution in [0.1, 0.15) is 19.2 Å². The maximum Gasteiger partial charge on any atom is 0.251 e. The molecule has 2 aromatic heterocycles. The highest BCUT2D eigenvalue weighted by Gasteiger charge is 2.15. The van der Waals surface area contributed by atoms with Crippen LogP contribution in [-0.4, -0.2) is 26.9 Å². The van der Waals surface area contributed by atoms with Gasteiger partial charge < -0.3 is 13.7 Å². The Kier molecular flexibility index (Phi) is 5.11. The van der Waals surface area contributed by atoms with Gasteiger partial charge in [-0.25, -0.2) is 4.98 Å². The zero-order valence-corrected chi connectivity index (χ0v) is 16.1. The summed E-state index contributed by atoms with van der Waals surface area (Å²) in [7, 11) is 1.63. The Bertz CT molecular complexity index is 1060. The smallest absolute Gasteiger partial charge is 0.251 e. The van der Waals surface area contributed by atoms with Crippen molar-refractivity contribution < 1.29 is 9.15 Å². The summed E-state index contributed by atoms with van der Waals surface area (Å²) in [4.78, 5) is 4.75. The van der Waals surface area contributed by atoms with E-state index in [1.807, 2.05) is 42.5 Å². The van der Waals surface area contributed by atoms with Crippen molar-refractivity contribution in [3.63, 3.8) is 0 Å². The second-order valence-electron chi connectivity index (χ2n) is 6.02. The summed E-state index contributed by atoms with van der Waals surface area (Å²) in [5.74, 6) is 2.31. The summed E-state index contributed by atoms with van der Waals surface area (Å²) in [5.41, 5.74) is 2.96. The number of nitrogens with zero attached hydrogens (tertiary/aromatic N) is 4. The Morgan fingerprint density at radius 3 is 2.74 bits per heavy atom. The van der Waals surface area contributed by atoms with Gasteiger partial charge in [-0.2, -0.15) is 0 Å². The fourth-order valence-corrected chi connectivity index (χ4v) is 3.85. The van der Waals surface area contributed by atoms with Gasteiger partial charge in [-0.3, -0.25) is 0 Å². The van der Waals surface area contributed by atoms with Crippen LogP contribution in [0.4, 0.5) is 0 Å². The van der Waals surface area contributed by atoms with Crippen LogP contribution in [0.3, 0.4) is 0 Å². The van der Waals surface area contributed by atoms with E-state index in [0.717, 1.165) is 34.7 Å². The van der Waals surface area contributed by atoms with Gasteiger partial charge in [0.25, 0.3) is 5.89 Å². The lowest BCUT2D eigenvalue weighted by atomic mass is 10.2. The molecule has 2 heterocycles. The molecule has 4 aromatic rings. The van der Waals surface area contributed by atoms with Crippen LogP contribution in [0.25, 0.3) is 22.5 Å². The van der Waals surface area contributed by atoms with Crippen molar-refractivity contribution in [2.24, 2.45) is 0 Å². The average molecular weight is 380 g/mol. The summed E-state index contributed by atoms with van der Waals surface area (Å²) in [6.07, 6.45) is 1.05. The highest BCUT2D eigenvalue weighted by atomic mass is 32.2. The number of aryl methyl sites for hydroxylation is 1. The SMILES string of the molecule is CCCn1c(SCc2nnc(-c3ccccc3OC)o2)nc2ccccc21. The largest absolute Gasteiger partial charge is 0.496 e. The topological polar surface area (TPSA) is 66.0 Å². The summed E-state index contributed by atoms with van der Waals surface area (Å²) in [6, 6.07) is 15.8. The number of benzene rings is 2. The number of rotatable bonds is 7. The second kappa shape index (κ2) is 7.84. The van der Waals surface area contributed by atoms with Crippen LogP contribution in [0, 0.1) is 0 Å². The van der Waals surface area contributed by atoms with E-state index < -0.39 is 0 Å². The molecule has 2 aromatic carbocycles. The molecular formula is C20H20N4O2S. The Balaban J connectivity index is 1.56. The predicted molar refractivity (Wildman–Crippen MR) is 106 cm³/mol. The van der Waals surface area contributed by atoms with Gasteiger partial charge in [-0.1, -0.05) is 43.0 Å². The third kappa shape index (κ3) is 3.55. The molecule has 0 spiro atoms. The molecule has 138 valence electrons. The first-order valence-corrected chi connectivity index (χ1v) is 9.82. The van der Waals surface area contributed by atoms with Gasteiger partial charge in [0.15, 0.2) is 5.16 Å². The van der Waals surface area contributed by atoms with Crippen molar-refractivity contribution in [2.45, 2.75) is 30.8 Å². The molecule has 0 aliphatic carbocycles. The Morgan fingerprint density at radius 2 is 1.89 bits per heavy atom. The number of imidazole rings is 1. The van der Waals surface area contributed by atoms with Crippen LogP contribution >= 0.6 is 11.8 Å². The summed E-state index contributed by atoms with van der Waals surface area (Å²) in [5, 5.41) is 9.32. The predicted octanol–water partition coefficient (Wildman–Crippen LogP) is 4.80. The average Bonchev–Trinajstić information content (AvgIpc) is 3.32. The fraction of sp³-hybridized carbons (Fsp3) is 0.250. The third-order valence-electron chi connectivity index (χ3n) is 4.20. The zero-order valence-electron chi connectivity index (χ0n) is 15.3. The van der Waals surface area contributed by atoms with E-state index in [0.29, 0.717) is 23.3 Å². The van der Waals surface area contributed by atoms with E-state index in [2.05, 4.69) is 27.8 Å². The lowest BCUT2D eigenvalue weighted by Crippen LogP contribution is -1.98. The first-order chi connectivity index (χ1) is 13.3. The van der Waals surface area contributed by atoms with Crippen LogP contribution in [0.15, 0.2) is 58.1 Å². The molecule has 0 aliphatic heterocycles. The Hall–Kier alpha value is -2.80. The van der Waals surface area contributed by atoms with Gasteiger partial charge >= 0.3 is 0 Å².